The zero-order chi connectivity index (χ0) is 13.5. The fourth-order valence-electron chi connectivity index (χ4n) is 3.04. The maximum atomic E-state index is 5.85. The van der Waals surface area contributed by atoms with Crippen LogP contribution in [0.5, 0.6) is 0 Å². The first-order valence-corrected chi connectivity index (χ1v) is 7.84. The first kappa shape index (κ1) is 11.9. The third-order valence-corrected chi connectivity index (χ3v) is 5.31. The van der Waals surface area contributed by atoms with Gasteiger partial charge in [0.05, 0.1) is 15.2 Å². The molecule has 0 amide bonds. The van der Waals surface area contributed by atoms with Gasteiger partial charge >= 0.3 is 0 Å². The van der Waals surface area contributed by atoms with Gasteiger partial charge in [-0.2, -0.15) is 0 Å². The SMILES string of the molecule is Nc1ccc2nc(C3CCc4ccccc4C3)sc2c1. The quantitative estimate of drug-likeness (QED) is 0.680. The fraction of sp³-hybridized carbons (Fsp3) is 0.235. The number of hydrogen-bond acceptors (Lipinski definition) is 3. The molecule has 2 aromatic carbocycles. The molecule has 3 aromatic rings. The molecule has 2 N–H and O–H groups in total. The number of rotatable bonds is 1. The van der Waals surface area contributed by atoms with Gasteiger partial charge in [0.1, 0.15) is 0 Å². The van der Waals surface area contributed by atoms with E-state index >= 15 is 0 Å². The highest BCUT2D eigenvalue weighted by Crippen LogP contribution is 2.36. The van der Waals surface area contributed by atoms with Crippen LogP contribution in [0.2, 0.25) is 0 Å². The molecule has 1 heterocycles. The number of hydrogen-bond donors (Lipinski definition) is 1. The summed E-state index contributed by atoms with van der Waals surface area (Å²) in [6.07, 6.45) is 3.48. The van der Waals surface area contributed by atoms with Crippen LogP contribution in [0.25, 0.3) is 10.2 Å². The summed E-state index contributed by atoms with van der Waals surface area (Å²) in [7, 11) is 0. The lowest BCUT2D eigenvalue weighted by Crippen LogP contribution is -2.12. The molecule has 100 valence electrons. The molecule has 0 bridgehead atoms. The van der Waals surface area contributed by atoms with Crippen molar-refractivity contribution in [3.8, 4) is 0 Å². The van der Waals surface area contributed by atoms with Crippen molar-refractivity contribution in [3.63, 3.8) is 0 Å². The summed E-state index contributed by atoms with van der Waals surface area (Å²) in [6.45, 7) is 0. The Balaban J connectivity index is 1.70. The van der Waals surface area contributed by atoms with Crippen LogP contribution in [0.3, 0.4) is 0 Å². The number of nitrogens with zero attached hydrogens (tertiary/aromatic N) is 1. The van der Waals surface area contributed by atoms with E-state index < -0.39 is 0 Å². The Morgan fingerprint density at radius 3 is 2.85 bits per heavy atom. The van der Waals surface area contributed by atoms with Crippen LogP contribution in [-0.4, -0.2) is 4.98 Å². The Morgan fingerprint density at radius 1 is 1.10 bits per heavy atom. The number of aryl methyl sites for hydroxylation is 1. The predicted molar refractivity (Wildman–Crippen MR) is 85.2 cm³/mol. The number of benzene rings is 2. The van der Waals surface area contributed by atoms with Gasteiger partial charge in [0.2, 0.25) is 0 Å². The van der Waals surface area contributed by atoms with Crippen LogP contribution in [0.15, 0.2) is 42.5 Å². The van der Waals surface area contributed by atoms with E-state index in [4.69, 9.17) is 10.7 Å². The van der Waals surface area contributed by atoms with E-state index in [1.165, 1.54) is 33.7 Å². The van der Waals surface area contributed by atoms with Gasteiger partial charge in [-0.15, -0.1) is 11.3 Å². The van der Waals surface area contributed by atoms with Crippen molar-refractivity contribution in [3.05, 3.63) is 58.6 Å². The van der Waals surface area contributed by atoms with E-state index in [2.05, 4.69) is 24.3 Å². The van der Waals surface area contributed by atoms with Crippen LogP contribution in [0, 0.1) is 0 Å². The number of nitrogens with two attached hydrogens (primary N) is 1. The maximum absolute atomic E-state index is 5.85. The molecule has 0 spiro atoms. The van der Waals surface area contributed by atoms with Gasteiger partial charge in [-0.25, -0.2) is 4.98 Å². The number of anilines is 1. The minimum absolute atomic E-state index is 0.559. The van der Waals surface area contributed by atoms with Crippen molar-refractivity contribution < 1.29 is 0 Å². The average Bonchev–Trinajstić information content (AvgIpc) is 2.89. The predicted octanol–water partition coefficient (Wildman–Crippen LogP) is 4.15. The van der Waals surface area contributed by atoms with E-state index in [0.717, 1.165) is 17.6 Å². The Kier molecular flexibility index (Phi) is 2.74. The lowest BCUT2D eigenvalue weighted by Gasteiger charge is -2.22. The molecule has 0 saturated heterocycles. The summed E-state index contributed by atoms with van der Waals surface area (Å²) in [5.41, 5.74) is 10.8. The Morgan fingerprint density at radius 2 is 1.95 bits per heavy atom. The molecular weight excluding hydrogens is 264 g/mol. The number of aromatic nitrogens is 1. The van der Waals surface area contributed by atoms with Crippen LogP contribution in [-0.2, 0) is 12.8 Å². The topological polar surface area (TPSA) is 38.9 Å². The molecule has 1 aromatic heterocycles. The lowest BCUT2D eigenvalue weighted by molar-refractivity contribution is 0.583. The fourth-order valence-corrected chi connectivity index (χ4v) is 4.19. The van der Waals surface area contributed by atoms with Crippen molar-refractivity contribution in [2.45, 2.75) is 25.2 Å². The van der Waals surface area contributed by atoms with Gasteiger partial charge in [-0.3, -0.25) is 0 Å². The minimum Gasteiger partial charge on any atom is -0.399 e. The van der Waals surface area contributed by atoms with E-state index in [1.807, 2.05) is 18.2 Å². The smallest absolute Gasteiger partial charge is 0.0972 e. The molecule has 2 nitrogen and oxygen atoms in total. The maximum Gasteiger partial charge on any atom is 0.0972 e. The van der Waals surface area contributed by atoms with E-state index in [0.29, 0.717) is 5.92 Å². The molecule has 0 aliphatic heterocycles. The summed E-state index contributed by atoms with van der Waals surface area (Å²) in [6, 6.07) is 14.8. The first-order valence-electron chi connectivity index (χ1n) is 7.02. The first-order chi connectivity index (χ1) is 9.79. The van der Waals surface area contributed by atoms with Crippen molar-refractivity contribution in [2.75, 3.05) is 5.73 Å². The summed E-state index contributed by atoms with van der Waals surface area (Å²) in [4.78, 5) is 4.81. The lowest BCUT2D eigenvalue weighted by atomic mass is 9.84. The van der Waals surface area contributed by atoms with Gasteiger partial charge in [0, 0.05) is 11.6 Å². The molecule has 20 heavy (non-hydrogen) atoms. The van der Waals surface area contributed by atoms with Crippen LogP contribution in [0.1, 0.15) is 28.5 Å². The molecule has 1 atom stereocenters. The van der Waals surface area contributed by atoms with Gasteiger partial charge < -0.3 is 5.73 Å². The van der Waals surface area contributed by atoms with Gasteiger partial charge in [0.25, 0.3) is 0 Å². The average molecular weight is 280 g/mol. The summed E-state index contributed by atoms with van der Waals surface area (Å²) in [5.74, 6) is 0.559. The molecule has 3 heteroatoms. The molecule has 1 unspecified atom stereocenters. The highest BCUT2D eigenvalue weighted by molar-refractivity contribution is 7.18. The number of nitrogen functional groups attached to an aromatic ring is 1. The second-order valence-electron chi connectivity index (χ2n) is 5.49. The van der Waals surface area contributed by atoms with Crippen LogP contribution >= 0.6 is 11.3 Å². The van der Waals surface area contributed by atoms with Crippen molar-refractivity contribution in [2.24, 2.45) is 0 Å². The van der Waals surface area contributed by atoms with Crippen LogP contribution < -0.4 is 5.73 Å². The number of fused-ring (bicyclic) bond motifs is 2. The van der Waals surface area contributed by atoms with Crippen molar-refractivity contribution in [1.82, 2.24) is 4.98 Å². The highest BCUT2D eigenvalue weighted by atomic mass is 32.1. The Labute approximate surface area is 122 Å². The molecule has 1 aliphatic rings. The van der Waals surface area contributed by atoms with Gasteiger partial charge in [-0.1, -0.05) is 24.3 Å². The minimum atomic E-state index is 0.559. The van der Waals surface area contributed by atoms with E-state index in [1.54, 1.807) is 11.3 Å². The summed E-state index contributed by atoms with van der Waals surface area (Å²) in [5, 5.41) is 1.26. The van der Waals surface area contributed by atoms with Crippen molar-refractivity contribution in [1.29, 1.82) is 0 Å². The second-order valence-corrected chi connectivity index (χ2v) is 6.55. The Hall–Kier alpha value is -1.87. The van der Waals surface area contributed by atoms with Gasteiger partial charge in [0.15, 0.2) is 0 Å². The molecular formula is C17H16N2S. The molecule has 0 saturated carbocycles. The van der Waals surface area contributed by atoms with Crippen LogP contribution in [0.4, 0.5) is 5.69 Å². The standard InChI is InChI=1S/C17H16N2S/c18-14-7-8-15-16(10-14)20-17(19-15)13-6-5-11-3-1-2-4-12(11)9-13/h1-4,7-8,10,13H,5-6,9,18H2. The van der Waals surface area contributed by atoms with E-state index in [-0.39, 0.29) is 0 Å². The molecule has 0 fully saturated rings. The third-order valence-electron chi connectivity index (χ3n) is 4.13. The molecule has 1 aliphatic carbocycles. The third kappa shape index (κ3) is 1.98. The second kappa shape index (κ2) is 4.60. The monoisotopic (exact) mass is 280 g/mol. The van der Waals surface area contributed by atoms with Gasteiger partial charge in [-0.05, 0) is 48.6 Å². The molecule has 0 radical (unpaired) electrons. The Bertz CT molecular complexity index is 776. The summed E-state index contributed by atoms with van der Waals surface area (Å²) < 4.78 is 1.21. The number of thiazole rings is 1. The summed E-state index contributed by atoms with van der Waals surface area (Å²) >= 11 is 1.80. The zero-order valence-corrected chi connectivity index (χ0v) is 12.0. The largest absolute Gasteiger partial charge is 0.399 e. The molecule has 4 rings (SSSR count). The normalized spacial score (nSPS) is 18.1. The highest BCUT2D eigenvalue weighted by Gasteiger charge is 2.22. The van der Waals surface area contributed by atoms with E-state index in [9.17, 15) is 0 Å². The van der Waals surface area contributed by atoms with Crippen molar-refractivity contribution >= 4 is 27.2 Å². The zero-order valence-electron chi connectivity index (χ0n) is 11.2.